The van der Waals surface area contributed by atoms with E-state index in [9.17, 15) is 4.79 Å². The first-order valence-corrected chi connectivity index (χ1v) is 10.2. The van der Waals surface area contributed by atoms with E-state index in [-0.39, 0.29) is 17.9 Å². The van der Waals surface area contributed by atoms with Crippen LogP contribution in [0.5, 0.6) is 0 Å². The number of carbonyl (C=O) groups excluding carboxylic acids is 1. The summed E-state index contributed by atoms with van der Waals surface area (Å²) in [5.41, 5.74) is 0. The highest BCUT2D eigenvalue weighted by molar-refractivity contribution is 7.13. The van der Waals surface area contributed by atoms with Gasteiger partial charge in [-0.25, -0.2) is 0 Å². The number of hydrogen-bond donors (Lipinski definition) is 0. The molecule has 0 radical (unpaired) electrons. The molecule has 4 fully saturated rings. The maximum absolute atomic E-state index is 13.1. The Kier molecular flexibility index (Phi) is 4.26. The standard InChI is InChI=1S/C18H22N4O3S/c23-18(13-10-21-5-3-12(13)4-6-21)22-7-8-24-14(11-22)17-19-16(20-25-17)15-2-1-9-26-15/h1-2,9,12-14H,3-8,10-11H2/t13-,14-/m1/s1. The van der Waals surface area contributed by atoms with Crippen molar-refractivity contribution in [2.45, 2.75) is 18.9 Å². The van der Waals surface area contributed by atoms with E-state index >= 15 is 0 Å². The van der Waals surface area contributed by atoms with Crippen molar-refractivity contribution in [2.24, 2.45) is 11.8 Å². The van der Waals surface area contributed by atoms with Crippen LogP contribution in [0.3, 0.4) is 0 Å². The molecule has 4 aliphatic rings. The van der Waals surface area contributed by atoms with Gasteiger partial charge in [0, 0.05) is 13.1 Å². The minimum atomic E-state index is -0.338. The van der Waals surface area contributed by atoms with Crippen molar-refractivity contribution < 1.29 is 14.1 Å². The molecule has 0 aliphatic carbocycles. The van der Waals surface area contributed by atoms with E-state index in [1.54, 1.807) is 11.3 Å². The predicted octanol–water partition coefficient (Wildman–Crippen LogP) is 2.04. The predicted molar refractivity (Wildman–Crippen MR) is 95.5 cm³/mol. The van der Waals surface area contributed by atoms with Gasteiger partial charge < -0.3 is 19.1 Å². The lowest BCUT2D eigenvalue weighted by Gasteiger charge is -2.46. The molecular weight excluding hydrogens is 352 g/mol. The van der Waals surface area contributed by atoms with Crippen LogP contribution < -0.4 is 0 Å². The Morgan fingerprint density at radius 2 is 2.12 bits per heavy atom. The summed E-state index contributed by atoms with van der Waals surface area (Å²) in [5.74, 6) is 1.99. The van der Waals surface area contributed by atoms with Crippen molar-refractivity contribution in [1.29, 1.82) is 0 Å². The molecule has 6 rings (SSSR count). The number of morpholine rings is 1. The van der Waals surface area contributed by atoms with Crippen molar-refractivity contribution in [3.63, 3.8) is 0 Å². The van der Waals surface area contributed by atoms with E-state index in [2.05, 4.69) is 15.0 Å². The van der Waals surface area contributed by atoms with Gasteiger partial charge in [-0.2, -0.15) is 4.98 Å². The molecular formula is C18H22N4O3S. The number of amides is 1. The molecule has 2 aromatic heterocycles. The van der Waals surface area contributed by atoms with Gasteiger partial charge in [-0.05, 0) is 43.3 Å². The zero-order valence-corrected chi connectivity index (χ0v) is 15.4. The first-order chi connectivity index (χ1) is 12.8. The summed E-state index contributed by atoms with van der Waals surface area (Å²) in [5, 5.41) is 6.04. The second-order valence-electron chi connectivity index (χ2n) is 7.32. The topological polar surface area (TPSA) is 71.7 Å². The molecule has 4 aliphatic heterocycles. The maximum atomic E-state index is 13.1. The lowest BCUT2D eigenvalue weighted by molar-refractivity contribution is -0.150. The van der Waals surface area contributed by atoms with E-state index in [0.29, 0.717) is 37.3 Å². The molecule has 0 saturated carbocycles. The van der Waals surface area contributed by atoms with Crippen molar-refractivity contribution in [1.82, 2.24) is 19.9 Å². The van der Waals surface area contributed by atoms with E-state index in [1.807, 2.05) is 22.4 Å². The van der Waals surface area contributed by atoms with E-state index in [4.69, 9.17) is 9.26 Å². The fraction of sp³-hybridized carbons (Fsp3) is 0.611. The molecule has 1 amide bonds. The van der Waals surface area contributed by atoms with Gasteiger partial charge in [0.25, 0.3) is 5.89 Å². The highest BCUT2D eigenvalue weighted by Crippen LogP contribution is 2.34. The van der Waals surface area contributed by atoms with Crippen LogP contribution in [-0.4, -0.2) is 65.2 Å². The van der Waals surface area contributed by atoms with Gasteiger partial charge in [-0.15, -0.1) is 11.3 Å². The Bertz CT molecular complexity index is 769. The third-order valence-electron chi connectivity index (χ3n) is 5.81. The highest BCUT2D eigenvalue weighted by atomic mass is 32.1. The molecule has 4 saturated heterocycles. The quantitative estimate of drug-likeness (QED) is 0.819. The third-order valence-corrected chi connectivity index (χ3v) is 6.68. The van der Waals surface area contributed by atoms with Gasteiger partial charge in [0.05, 0.1) is 23.9 Å². The normalized spacial score (nSPS) is 31.3. The van der Waals surface area contributed by atoms with Gasteiger partial charge >= 0.3 is 0 Å². The minimum absolute atomic E-state index is 0.139. The van der Waals surface area contributed by atoms with Crippen molar-refractivity contribution in [3.8, 4) is 10.7 Å². The molecule has 8 heteroatoms. The number of aromatic nitrogens is 2. The van der Waals surface area contributed by atoms with Crippen LogP contribution in [-0.2, 0) is 9.53 Å². The molecule has 0 unspecified atom stereocenters. The van der Waals surface area contributed by atoms with Crippen molar-refractivity contribution in [3.05, 3.63) is 23.4 Å². The van der Waals surface area contributed by atoms with Crippen LogP contribution in [0.4, 0.5) is 0 Å². The molecule has 2 aromatic rings. The summed E-state index contributed by atoms with van der Waals surface area (Å²) in [6, 6.07) is 3.92. The summed E-state index contributed by atoms with van der Waals surface area (Å²) in [4.78, 5) is 22.9. The van der Waals surface area contributed by atoms with Crippen LogP contribution in [0.15, 0.2) is 22.0 Å². The molecule has 0 spiro atoms. The van der Waals surface area contributed by atoms with Gasteiger partial charge in [-0.1, -0.05) is 11.2 Å². The van der Waals surface area contributed by atoms with Crippen molar-refractivity contribution in [2.75, 3.05) is 39.3 Å². The maximum Gasteiger partial charge on any atom is 0.257 e. The third kappa shape index (κ3) is 2.95. The molecule has 138 valence electrons. The SMILES string of the molecule is O=C([C@@H]1CN2CCC1CC2)N1CCO[C@@H](c2nc(-c3cccs3)no2)C1. The Labute approximate surface area is 155 Å². The zero-order chi connectivity index (χ0) is 17.5. The minimum Gasteiger partial charge on any atom is -0.365 e. The number of ether oxygens (including phenoxy) is 1. The Morgan fingerprint density at radius 3 is 2.85 bits per heavy atom. The van der Waals surface area contributed by atoms with Crippen molar-refractivity contribution >= 4 is 17.2 Å². The van der Waals surface area contributed by atoms with Gasteiger partial charge in [0.1, 0.15) is 0 Å². The number of thiophene rings is 1. The summed E-state index contributed by atoms with van der Waals surface area (Å²) < 4.78 is 11.3. The number of nitrogens with zero attached hydrogens (tertiary/aromatic N) is 4. The summed E-state index contributed by atoms with van der Waals surface area (Å²) in [6.07, 6.45) is 1.96. The highest BCUT2D eigenvalue weighted by Gasteiger charge is 2.41. The molecule has 0 aromatic carbocycles. The Morgan fingerprint density at radius 1 is 1.23 bits per heavy atom. The van der Waals surface area contributed by atoms with E-state index in [0.717, 1.165) is 37.4 Å². The molecule has 2 atom stereocenters. The first-order valence-electron chi connectivity index (χ1n) is 9.28. The summed E-state index contributed by atoms with van der Waals surface area (Å²) >= 11 is 1.57. The first kappa shape index (κ1) is 16.4. The monoisotopic (exact) mass is 374 g/mol. The number of fused-ring (bicyclic) bond motifs is 3. The number of hydrogen-bond acceptors (Lipinski definition) is 7. The van der Waals surface area contributed by atoms with E-state index in [1.165, 1.54) is 0 Å². The summed E-state index contributed by atoms with van der Waals surface area (Å²) in [7, 11) is 0. The van der Waals surface area contributed by atoms with Gasteiger partial charge in [0.15, 0.2) is 6.10 Å². The van der Waals surface area contributed by atoms with Crippen LogP contribution in [0.1, 0.15) is 24.8 Å². The number of rotatable bonds is 3. The average molecular weight is 374 g/mol. The zero-order valence-electron chi connectivity index (χ0n) is 14.5. The second-order valence-corrected chi connectivity index (χ2v) is 8.27. The van der Waals surface area contributed by atoms with E-state index < -0.39 is 0 Å². The molecule has 0 N–H and O–H groups in total. The average Bonchev–Trinajstić information content (AvgIpc) is 3.40. The number of piperidine rings is 3. The molecule has 6 heterocycles. The van der Waals surface area contributed by atoms with Crippen LogP contribution in [0.2, 0.25) is 0 Å². The largest absolute Gasteiger partial charge is 0.365 e. The Hall–Kier alpha value is -1.77. The van der Waals surface area contributed by atoms with Gasteiger partial charge in [-0.3, -0.25) is 4.79 Å². The number of carbonyl (C=O) groups is 1. The lowest BCUT2D eigenvalue weighted by Crippen LogP contribution is -2.55. The van der Waals surface area contributed by atoms with Crippen LogP contribution in [0, 0.1) is 11.8 Å². The summed E-state index contributed by atoms with van der Waals surface area (Å²) in [6.45, 7) is 4.85. The van der Waals surface area contributed by atoms with Crippen LogP contribution in [0.25, 0.3) is 10.7 Å². The fourth-order valence-corrected chi connectivity index (χ4v) is 5.00. The Balaban J connectivity index is 1.28. The molecule has 2 bridgehead atoms. The fourth-order valence-electron chi connectivity index (χ4n) is 4.35. The molecule has 7 nitrogen and oxygen atoms in total. The van der Waals surface area contributed by atoms with Gasteiger partial charge in [0.2, 0.25) is 11.7 Å². The second kappa shape index (κ2) is 6.75. The molecule has 26 heavy (non-hydrogen) atoms. The lowest BCUT2D eigenvalue weighted by atomic mass is 9.78. The van der Waals surface area contributed by atoms with Crippen LogP contribution >= 0.6 is 11.3 Å². The smallest absolute Gasteiger partial charge is 0.257 e.